The van der Waals surface area contributed by atoms with E-state index in [1.54, 1.807) is 0 Å². The van der Waals surface area contributed by atoms with Crippen LogP contribution in [-0.4, -0.2) is 24.8 Å². The van der Waals surface area contributed by atoms with E-state index in [9.17, 15) is 0 Å². The van der Waals surface area contributed by atoms with Crippen molar-refractivity contribution in [2.75, 3.05) is 13.1 Å². The van der Waals surface area contributed by atoms with Gasteiger partial charge >= 0.3 is 0 Å². The zero-order chi connectivity index (χ0) is 9.90. The normalized spacial score (nSPS) is 27.9. The Morgan fingerprint density at radius 2 is 2.15 bits per heavy atom. The Kier molecular flexibility index (Phi) is 3.74. The summed E-state index contributed by atoms with van der Waals surface area (Å²) in [5.74, 6) is 0.786. The summed E-state index contributed by atoms with van der Waals surface area (Å²) in [4.78, 5) is 0. The molecule has 0 aromatic carbocycles. The summed E-state index contributed by atoms with van der Waals surface area (Å²) in [6.45, 7) is 10.8. The Morgan fingerprint density at radius 3 is 2.69 bits per heavy atom. The zero-order valence-electron chi connectivity index (χ0n) is 9.39. The van der Waals surface area contributed by atoms with Gasteiger partial charge in [0.05, 0.1) is 11.7 Å². The molecule has 1 heterocycles. The number of rotatable bonds is 3. The van der Waals surface area contributed by atoms with Crippen LogP contribution in [0.1, 0.15) is 40.5 Å². The highest BCUT2D eigenvalue weighted by Gasteiger charge is 2.27. The largest absolute Gasteiger partial charge is 0.370 e. The van der Waals surface area contributed by atoms with E-state index in [1.165, 1.54) is 12.8 Å². The molecule has 0 aromatic heterocycles. The van der Waals surface area contributed by atoms with Crippen molar-refractivity contribution in [3.8, 4) is 0 Å². The minimum Gasteiger partial charge on any atom is -0.370 e. The molecular formula is C11H23NO. The van der Waals surface area contributed by atoms with Crippen LogP contribution in [0.2, 0.25) is 0 Å². The van der Waals surface area contributed by atoms with Gasteiger partial charge < -0.3 is 10.1 Å². The molecule has 1 fully saturated rings. The lowest BCUT2D eigenvalue weighted by Gasteiger charge is -2.37. The summed E-state index contributed by atoms with van der Waals surface area (Å²) in [5.41, 5.74) is 0.0277. The molecule has 0 aromatic rings. The Labute approximate surface area is 82.0 Å². The molecule has 2 heteroatoms. The van der Waals surface area contributed by atoms with Gasteiger partial charge in [-0.1, -0.05) is 13.8 Å². The SMILES string of the molecule is CC(C)CCC1CNCC(C)(C)O1. The van der Waals surface area contributed by atoms with E-state index in [-0.39, 0.29) is 5.60 Å². The van der Waals surface area contributed by atoms with E-state index in [1.807, 2.05) is 0 Å². The van der Waals surface area contributed by atoms with E-state index in [0.29, 0.717) is 6.10 Å². The molecule has 0 bridgehead atoms. The summed E-state index contributed by atoms with van der Waals surface area (Å²) >= 11 is 0. The molecule has 1 rings (SSSR count). The van der Waals surface area contributed by atoms with E-state index in [4.69, 9.17) is 4.74 Å². The second kappa shape index (κ2) is 4.43. The van der Waals surface area contributed by atoms with Gasteiger partial charge in [0.1, 0.15) is 0 Å². The number of morpholine rings is 1. The Morgan fingerprint density at radius 1 is 1.46 bits per heavy atom. The summed E-state index contributed by atoms with van der Waals surface area (Å²) in [6, 6.07) is 0. The van der Waals surface area contributed by atoms with Crippen LogP contribution in [0.15, 0.2) is 0 Å². The van der Waals surface area contributed by atoms with Gasteiger partial charge in [-0.05, 0) is 32.6 Å². The minimum absolute atomic E-state index is 0.0277. The van der Waals surface area contributed by atoms with Crippen molar-refractivity contribution < 1.29 is 4.74 Å². The maximum absolute atomic E-state index is 5.96. The summed E-state index contributed by atoms with van der Waals surface area (Å²) < 4.78 is 5.96. The molecule has 0 saturated carbocycles. The zero-order valence-corrected chi connectivity index (χ0v) is 9.39. The third-order valence-corrected chi connectivity index (χ3v) is 2.47. The highest BCUT2D eigenvalue weighted by molar-refractivity contribution is 4.81. The predicted octanol–water partition coefficient (Wildman–Crippen LogP) is 2.19. The highest BCUT2D eigenvalue weighted by atomic mass is 16.5. The lowest BCUT2D eigenvalue weighted by Crippen LogP contribution is -2.50. The average Bonchev–Trinajstić information content (AvgIpc) is 1.99. The Balaban J connectivity index is 2.26. The van der Waals surface area contributed by atoms with Gasteiger partial charge in [-0.3, -0.25) is 0 Å². The van der Waals surface area contributed by atoms with Gasteiger partial charge in [0, 0.05) is 13.1 Å². The molecule has 1 aliphatic heterocycles. The number of ether oxygens (including phenoxy) is 1. The van der Waals surface area contributed by atoms with E-state index < -0.39 is 0 Å². The molecule has 78 valence electrons. The first-order valence-corrected chi connectivity index (χ1v) is 5.38. The van der Waals surface area contributed by atoms with Gasteiger partial charge in [0.15, 0.2) is 0 Å². The third kappa shape index (κ3) is 4.10. The van der Waals surface area contributed by atoms with E-state index in [0.717, 1.165) is 19.0 Å². The molecule has 1 saturated heterocycles. The first kappa shape index (κ1) is 11.0. The van der Waals surface area contributed by atoms with Gasteiger partial charge in [-0.25, -0.2) is 0 Å². The molecule has 0 aliphatic carbocycles. The van der Waals surface area contributed by atoms with Crippen LogP contribution in [0.4, 0.5) is 0 Å². The van der Waals surface area contributed by atoms with Crippen LogP contribution in [0.5, 0.6) is 0 Å². The maximum Gasteiger partial charge on any atom is 0.0754 e. The van der Waals surface area contributed by atoms with Crippen molar-refractivity contribution >= 4 is 0 Å². The highest BCUT2D eigenvalue weighted by Crippen LogP contribution is 2.19. The quantitative estimate of drug-likeness (QED) is 0.727. The van der Waals surface area contributed by atoms with Gasteiger partial charge in [-0.2, -0.15) is 0 Å². The summed E-state index contributed by atoms with van der Waals surface area (Å²) in [7, 11) is 0. The van der Waals surface area contributed by atoms with Gasteiger partial charge in [0.25, 0.3) is 0 Å². The minimum atomic E-state index is 0.0277. The van der Waals surface area contributed by atoms with Crippen molar-refractivity contribution in [2.45, 2.75) is 52.2 Å². The van der Waals surface area contributed by atoms with Crippen LogP contribution in [0.3, 0.4) is 0 Å². The van der Waals surface area contributed by atoms with Crippen molar-refractivity contribution in [2.24, 2.45) is 5.92 Å². The van der Waals surface area contributed by atoms with Crippen molar-refractivity contribution in [1.29, 1.82) is 0 Å². The van der Waals surface area contributed by atoms with Crippen LogP contribution in [0, 0.1) is 5.92 Å². The topological polar surface area (TPSA) is 21.3 Å². The van der Waals surface area contributed by atoms with Crippen LogP contribution in [0.25, 0.3) is 0 Å². The van der Waals surface area contributed by atoms with Gasteiger partial charge in [0.2, 0.25) is 0 Å². The smallest absolute Gasteiger partial charge is 0.0754 e. The number of hydrogen-bond acceptors (Lipinski definition) is 2. The van der Waals surface area contributed by atoms with E-state index >= 15 is 0 Å². The van der Waals surface area contributed by atoms with E-state index in [2.05, 4.69) is 33.0 Å². The molecule has 1 atom stereocenters. The van der Waals surface area contributed by atoms with Crippen LogP contribution < -0.4 is 5.32 Å². The molecule has 0 amide bonds. The lowest BCUT2D eigenvalue weighted by molar-refractivity contribution is -0.0974. The fraction of sp³-hybridized carbons (Fsp3) is 1.00. The standard InChI is InChI=1S/C11H23NO/c1-9(2)5-6-10-7-12-8-11(3,4)13-10/h9-10,12H,5-8H2,1-4H3. The van der Waals surface area contributed by atoms with Crippen LogP contribution >= 0.6 is 0 Å². The summed E-state index contributed by atoms with van der Waals surface area (Å²) in [5, 5.41) is 3.42. The molecule has 1 N–H and O–H groups in total. The van der Waals surface area contributed by atoms with Crippen molar-refractivity contribution in [1.82, 2.24) is 5.32 Å². The van der Waals surface area contributed by atoms with Gasteiger partial charge in [-0.15, -0.1) is 0 Å². The number of hydrogen-bond donors (Lipinski definition) is 1. The lowest BCUT2D eigenvalue weighted by atomic mass is 10.0. The third-order valence-electron chi connectivity index (χ3n) is 2.47. The molecule has 1 aliphatic rings. The fourth-order valence-electron chi connectivity index (χ4n) is 1.75. The van der Waals surface area contributed by atoms with Crippen molar-refractivity contribution in [3.63, 3.8) is 0 Å². The summed E-state index contributed by atoms with van der Waals surface area (Å²) in [6.07, 6.45) is 2.88. The molecule has 2 nitrogen and oxygen atoms in total. The van der Waals surface area contributed by atoms with Crippen molar-refractivity contribution in [3.05, 3.63) is 0 Å². The first-order chi connectivity index (χ1) is 5.99. The first-order valence-electron chi connectivity index (χ1n) is 5.38. The molecule has 0 radical (unpaired) electrons. The second-order valence-corrected chi connectivity index (χ2v) is 5.10. The molecular weight excluding hydrogens is 162 g/mol. The monoisotopic (exact) mass is 185 g/mol. The fourth-order valence-corrected chi connectivity index (χ4v) is 1.75. The Hall–Kier alpha value is -0.0800. The number of nitrogens with one attached hydrogen (secondary N) is 1. The maximum atomic E-state index is 5.96. The van der Waals surface area contributed by atoms with Crippen LogP contribution in [-0.2, 0) is 4.74 Å². The second-order valence-electron chi connectivity index (χ2n) is 5.10. The predicted molar refractivity (Wildman–Crippen MR) is 55.9 cm³/mol. The Bertz CT molecular complexity index is 154. The molecule has 0 spiro atoms. The molecule has 13 heavy (non-hydrogen) atoms. The molecule has 1 unspecified atom stereocenters. The average molecular weight is 185 g/mol.